The third-order valence-electron chi connectivity index (χ3n) is 8.28. The average Bonchev–Trinajstić information content (AvgIpc) is 3.82. The van der Waals surface area contributed by atoms with Crippen molar-refractivity contribution in [3.63, 3.8) is 0 Å². The Balaban J connectivity index is 1.50. The van der Waals surface area contributed by atoms with E-state index in [0.717, 1.165) is 21.8 Å². The summed E-state index contributed by atoms with van der Waals surface area (Å²) >= 11 is 1.54. The van der Waals surface area contributed by atoms with Gasteiger partial charge in [0.2, 0.25) is 5.91 Å². The number of thiazole rings is 1. The van der Waals surface area contributed by atoms with Crippen molar-refractivity contribution in [2.45, 2.75) is 89.9 Å². The van der Waals surface area contributed by atoms with Crippen LogP contribution in [0.1, 0.15) is 61.2 Å². The lowest BCUT2D eigenvalue weighted by Crippen LogP contribution is -2.60. The van der Waals surface area contributed by atoms with Gasteiger partial charge in [0.15, 0.2) is 12.4 Å². The molecule has 5 N–H and O–H groups in total. The number of aliphatic hydroxyl groups excluding tert-OH is 2. The van der Waals surface area contributed by atoms with Crippen LogP contribution < -0.4 is 16.0 Å². The fourth-order valence-electron chi connectivity index (χ4n) is 5.40. The molecular formula is C37H48N6O7S. The van der Waals surface area contributed by atoms with Gasteiger partial charge in [-0.3, -0.25) is 4.79 Å². The quantitative estimate of drug-likeness (QED) is 0.106. The lowest BCUT2D eigenvalue weighted by atomic mass is 9.90. The zero-order valence-corrected chi connectivity index (χ0v) is 30.4. The van der Waals surface area contributed by atoms with E-state index < -0.39 is 48.4 Å². The van der Waals surface area contributed by atoms with Crippen molar-refractivity contribution in [1.82, 2.24) is 31.0 Å². The molecule has 0 aliphatic carbocycles. The van der Waals surface area contributed by atoms with Gasteiger partial charge in [0, 0.05) is 24.4 Å². The predicted molar refractivity (Wildman–Crippen MR) is 193 cm³/mol. The number of ether oxygens (including phenoxy) is 1. The first kappa shape index (κ1) is 39.0. The number of carbonyl (C=O) groups excluding carboxylic acids is 3. The van der Waals surface area contributed by atoms with Gasteiger partial charge in [-0.25, -0.2) is 14.6 Å². The number of carbonyl (C=O) groups is 3. The van der Waals surface area contributed by atoms with E-state index in [1.165, 1.54) is 11.1 Å². The maximum absolute atomic E-state index is 13.9. The summed E-state index contributed by atoms with van der Waals surface area (Å²) in [6, 6.07) is 16.5. The second-order valence-electron chi connectivity index (χ2n) is 13.1. The molecule has 0 aliphatic heterocycles. The first-order valence-corrected chi connectivity index (χ1v) is 17.8. The van der Waals surface area contributed by atoms with Gasteiger partial charge in [0.1, 0.15) is 18.2 Å². The predicted octanol–water partition coefficient (Wildman–Crippen LogP) is 4.41. The Morgan fingerprint density at radius 1 is 0.863 bits per heavy atom. The molecule has 0 saturated heterocycles. The Bertz CT molecular complexity index is 1650. The molecule has 2 aromatic heterocycles. The van der Waals surface area contributed by atoms with Gasteiger partial charge in [-0.1, -0.05) is 93.5 Å². The summed E-state index contributed by atoms with van der Waals surface area (Å²) in [5.74, 6) is -0.246. The molecule has 2 aromatic carbocycles. The van der Waals surface area contributed by atoms with Crippen LogP contribution in [0.4, 0.5) is 9.59 Å². The molecule has 0 unspecified atom stereocenters. The number of hydrogen-bond acceptors (Lipinski definition) is 10. The maximum Gasteiger partial charge on any atom is 0.407 e. The first-order chi connectivity index (χ1) is 24.4. The van der Waals surface area contributed by atoms with Crippen molar-refractivity contribution in [2.24, 2.45) is 5.92 Å². The van der Waals surface area contributed by atoms with Gasteiger partial charge in [0.05, 0.1) is 35.5 Å². The molecule has 4 aromatic rings. The van der Waals surface area contributed by atoms with Crippen LogP contribution >= 0.6 is 11.3 Å². The number of nitrogens with zero attached hydrogens (tertiary/aromatic N) is 3. The molecule has 0 aliphatic rings. The van der Waals surface area contributed by atoms with E-state index in [1.54, 1.807) is 24.5 Å². The minimum Gasteiger partial charge on any atom is -0.441 e. The third-order valence-corrected chi connectivity index (χ3v) is 9.47. The lowest BCUT2D eigenvalue weighted by Gasteiger charge is -2.34. The van der Waals surface area contributed by atoms with Gasteiger partial charge in [0.25, 0.3) is 0 Å². The molecule has 0 spiro atoms. The third kappa shape index (κ3) is 11.9. The second-order valence-corrected chi connectivity index (χ2v) is 14.0. The fourth-order valence-corrected chi connectivity index (χ4v) is 6.22. The normalized spacial score (nSPS) is 14.3. The van der Waals surface area contributed by atoms with E-state index in [1.807, 2.05) is 79.9 Å². The minimum atomic E-state index is -1.55. The number of aromatic nitrogens is 2. The Morgan fingerprint density at radius 2 is 1.45 bits per heavy atom. The van der Waals surface area contributed by atoms with Gasteiger partial charge in [-0.05, 0) is 29.9 Å². The summed E-state index contributed by atoms with van der Waals surface area (Å²) in [6.45, 7) is 7.81. The average molecular weight is 721 g/mol. The van der Waals surface area contributed by atoms with Crippen LogP contribution in [0.15, 0.2) is 82.8 Å². The number of benzene rings is 2. The molecule has 0 saturated carbocycles. The van der Waals surface area contributed by atoms with Crippen LogP contribution in [0.3, 0.4) is 0 Å². The molecule has 51 heavy (non-hydrogen) atoms. The SMILES string of the molecule is CC(C)c1nc(CN(C)C(=O)N[C@H](C(=O)N[C@@H](Cc2ccccc2)[C@@H](O)[C@@H](O)[C@H](Cc2ccccc2)NC(=O)OCc2ccno2)C(C)C)cs1. The van der Waals surface area contributed by atoms with E-state index in [0.29, 0.717) is 5.76 Å². The highest BCUT2D eigenvalue weighted by Crippen LogP contribution is 2.20. The maximum atomic E-state index is 13.9. The van der Waals surface area contributed by atoms with E-state index in [2.05, 4.69) is 39.9 Å². The molecule has 4 rings (SSSR count). The zero-order valence-electron chi connectivity index (χ0n) is 29.6. The summed E-state index contributed by atoms with van der Waals surface area (Å²) in [4.78, 5) is 46.1. The highest BCUT2D eigenvalue weighted by Gasteiger charge is 2.36. The largest absolute Gasteiger partial charge is 0.441 e. The van der Waals surface area contributed by atoms with E-state index in [4.69, 9.17) is 9.26 Å². The second kappa shape index (κ2) is 19.0. The van der Waals surface area contributed by atoms with Gasteiger partial charge < -0.3 is 40.3 Å². The molecule has 0 radical (unpaired) electrons. The monoisotopic (exact) mass is 720 g/mol. The Labute approximate surface area is 302 Å². The van der Waals surface area contributed by atoms with Crippen LogP contribution in [-0.2, 0) is 35.5 Å². The number of urea groups is 1. The highest BCUT2D eigenvalue weighted by molar-refractivity contribution is 7.09. The molecule has 274 valence electrons. The first-order valence-electron chi connectivity index (χ1n) is 16.9. The lowest BCUT2D eigenvalue weighted by molar-refractivity contribution is -0.126. The Morgan fingerprint density at radius 3 is 1.96 bits per heavy atom. The summed E-state index contributed by atoms with van der Waals surface area (Å²) in [7, 11) is 1.63. The van der Waals surface area contributed by atoms with Crippen molar-refractivity contribution in [1.29, 1.82) is 0 Å². The van der Waals surface area contributed by atoms with Crippen LogP contribution in [-0.4, -0.2) is 80.7 Å². The molecule has 14 heteroatoms. The van der Waals surface area contributed by atoms with Crippen molar-refractivity contribution in [3.8, 4) is 0 Å². The van der Waals surface area contributed by atoms with E-state index in [-0.39, 0.29) is 37.8 Å². The number of aliphatic hydroxyl groups is 2. The van der Waals surface area contributed by atoms with Crippen molar-refractivity contribution < 1.29 is 33.9 Å². The van der Waals surface area contributed by atoms with Crippen molar-refractivity contribution >= 4 is 29.4 Å². The fraction of sp³-hybridized carbons (Fsp3) is 0.432. The molecule has 13 nitrogen and oxygen atoms in total. The standard InChI is InChI=1S/C37H48N6O7S/c1-23(2)31(42-36(47)43(5)20-27-22-51-35(39-27)24(3)4)34(46)40-29(18-25-12-8-6-9-13-25)32(44)33(45)30(19-26-14-10-7-11-15-26)41-37(48)49-21-28-16-17-38-50-28/h6-17,22-24,29-33,44-45H,18-21H2,1-5H3,(H,40,46)(H,41,48)(H,42,47)/t29-,30-,31-,32+,33-/m0/s1. The number of hydrogen-bond donors (Lipinski definition) is 5. The van der Waals surface area contributed by atoms with E-state index >= 15 is 0 Å². The number of rotatable bonds is 17. The van der Waals surface area contributed by atoms with Crippen LogP contribution in [0.25, 0.3) is 0 Å². The molecule has 0 bridgehead atoms. The molecule has 5 atom stereocenters. The summed E-state index contributed by atoms with van der Waals surface area (Å²) in [5, 5.41) is 38.3. The van der Waals surface area contributed by atoms with Crippen LogP contribution in [0.5, 0.6) is 0 Å². The number of nitrogens with one attached hydrogen (secondary N) is 3. The Kier molecular flexibility index (Phi) is 14.5. The van der Waals surface area contributed by atoms with Crippen LogP contribution in [0.2, 0.25) is 0 Å². The van der Waals surface area contributed by atoms with Gasteiger partial charge in [-0.15, -0.1) is 11.3 Å². The van der Waals surface area contributed by atoms with E-state index in [9.17, 15) is 24.6 Å². The summed E-state index contributed by atoms with van der Waals surface area (Å²) in [5.41, 5.74) is 2.34. The van der Waals surface area contributed by atoms with Crippen LogP contribution in [0, 0.1) is 5.92 Å². The summed E-state index contributed by atoms with van der Waals surface area (Å²) < 4.78 is 10.3. The number of amides is 4. The highest BCUT2D eigenvalue weighted by atomic mass is 32.1. The topological polar surface area (TPSA) is 179 Å². The molecule has 0 fully saturated rings. The Hall–Kier alpha value is -4.79. The minimum absolute atomic E-state index is 0.150. The summed E-state index contributed by atoms with van der Waals surface area (Å²) in [6.07, 6.45) is -2.22. The van der Waals surface area contributed by atoms with Crippen molar-refractivity contribution in [3.05, 3.63) is 106 Å². The molecule has 2 heterocycles. The smallest absolute Gasteiger partial charge is 0.407 e. The van der Waals surface area contributed by atoms with Gasteiger partial charge >= 0.3 is 12.1 Å². The molecular weight excluding hydrogens is 673 g/mol. The zero-order chi connectivity index (χ0) is 36.9. The van der Waals surface area contributed by atoms with Crippen molar-refractivity contribution in [2.75, 3.05) is 7.05 Å². The number of alkyl carbamates (subject to hydrolysis) is 1. The van der Waals surface area contributed by atoms with Gasteiger partial charge in [-0.2, -0.15) is 0 Å². The molecule has 4 amide bonds.